The SMILES string of the molecule is N#Cc1cccc2c1nc(N[C@@H]1CNCCNC1=O)n1nc(-c3cnn(C4CC4)c3)nc21. The van der Waals surface area contributed by atoms with Crippen molar-refractivity contribution in [3.05, 3.63) is 36.2 Å². The molecule has 1 aromatic carbocycles. The average Bonchev–Trinajstić information content (AvgIpc) is 3.42. The summed E-state index contributed by atoms with van der Waals surface area (Å²) in [5.74, 6) is 0.747. The number of para-hydroxylation sites is 1. The molecular weight excluding hydrogens is 408 g/mol. The van der Waals surface area contributed by atoms with E-state index >= 15 is 0 Å². The first kappa shape index (κ1) is 18.7. The highest BCUT2D eigenvalue weighted by Crippen LogP contribution is 2.35. The zero-order valence-corrected chi connectivity index (χ0v) is 17.1. The summed E-state index contributed by atoms with van der Waals surface area (Å²) in [5, 5.41) is 28.7. The summed E-state index contributed by atoms with van der Waals surface area (Å²) in [6.45, 7) is 1.71. The minimum Gasteiger partial charge on any atom is -0.353 e. The summed E-state index contributed by atoms with van der Waals surface area (Å²) < 4.78 is 3.55. The first-order chi connectivity index (χ1) is 15.7. The molecule has 160 valence electrons. The number of nitriles is 1. The van der Waals surface area contributed by atoms with E-state index in [-0.39, 0.29) is 5.91 Å². The molecule has 11 nitrogen and oxygen atoms in total. The van der Waals surface area contributed by atoms with Crippen LogP contribution >= 0.6 is 0 Å². The Morgan fingerprint density at radius 3 is 2.97 bits per heavy atom. The number of benzene rings is 1. The molecule has 1 atom stereocenters. The fourth-order valence-corrected chi connectivity index (χ4v) is 3.94. The van der Waals surface area contributed by atoms with Crippen LogP contribution in [0.15, 0.2) is 30.6 Å². The largest absolute Gasteiger partial charge is 0.353 e. The van der Waals surface area contributed by atoms with Crippen molar-refractivity contribution in [2.75, 3.05) is 25.0 Å². The second kappa shape index (κ2) is 7.28. The third-order valence-corrected chi connectivity index (χ3v) is 5.77. The van der Waals surface area contributed by atoms with E-state index in [0.717, 1.165) is 18.4 Å². The molecule has 1 amide bonds. The molecule has 0 radical (unpaired) electrons. The summed E-state index contributed by atoms with van der Waals surface area (Å²) >= 11 is 0. The van der Waals surface area contributed by atoms with Gasteiger partial charge in [-0.1, -0.05) is 6.07 Å². The maximum Gasteiger partial charge on any atom is 0.243 e. The van der Waals surface area contributed by atoms with Crippen molar-refractivity contribution < 1.29 is 4.79 Å². The van der Waals surface area contributed by atoms with E-state index < -0.39 is 6.04 Å². The van der Waals surface area contributed by atoms with E-state index in [0.29, 0.717) is 59.6 Å². The van der Waals surface area contributed by atoms with E-state index in [1.165, 1.54) is 0 Å². The molecule has 2 fully saturated rings. The van der Waals surface area contributed by atoms with Crippen LogP contribution in [0.3, 0.4) is 0 Å². The van der Waals surface area contributed by atoms with Gasteiger partial charge in [-0.15, -0.1) is 5.10 Å². The molecule has 0 unspecified atom stereocenters. The van der Waals surface area contributed by atoms with Gasteiger partial charge in [-0.3, -0.25) is 9.48 Å². The van der Waals surface area contributed by atoms with E-state index in [9.17, 15) is 10.1 Å². The third kappa shape index (κ3) is 3.12. The Kier molecular flexibility index (Phi) is 4.26. The maximum absolute atomic E-state index is 12.5. The molecule has 3 N–H and O–H groups in total. The molecule has 1 saturated carbocycles. The van der Waals surface area contributed by atoms with Gasteiger partial charge in [0.2, 0.25) is 11.9 Å². The summed E-state index contributed by atoms with van der Waals surface area (Å²) in [7, 11) is 0. The lowest BCUT2D eigenvalue weighted by Crippen LogP contribution is -2.42. The van der Waals surface area contributed by atoms with Crippen LogP contribution in [0.25, 0.3) is 27.9 Å². The number of hydrogen-bond acceptors (Lipinski definition) is 8. The van der Waals surface area contributed by atoms with Crippen LogP contribution in [0.5, 0.6) is 0 Å². The molecule has 1 aliphatic carbocycles. The van der Waals surface area contributed by atoms with Crippen LogP contribution in [0.1, 0.15) is 24.4 Å². The van der Waals surface area contributed by atoms with Gasteiger partial charge in [0, 0.05) is 31.2 Å². The fraction of sp³-hybridized carbons (Fsp3) is 0.333. The number of nitrogens with one attached hydrogen (secondary N) is 3. The molecule has 4 heterocycles. The summed E-state index contributed by atoms with van der Waals surface area (Å²) in [5.41, 5.74) is 2.32. The molecular formula is C21H20N10O. The van der Waals surface area contributed by atoms with Crippen molar-refractivity contribution in [3.63, 3.8) is 0 Å². The molecule has 0 spiro atoms. The zero-order valence-electron chi connectivity index (χ0n) is 17.1. The van der Waals surface area contributed by atoms with Crippen molar-refractivity contribution in [1.82, 2.24) is 40.0 Å². The van der Waals surface area contributed by atoms with Crippen LogP contribution in [0, 0.1) is 11.3 Å². The number of rotatable bonds is 4. The van der Waals surface area contributed by atoms with E-state index in [2.05, 4.69) is 37.2 Å². The van der Waals surface area contributed by atoms with Crippen LogP contribution in [0.2, 0.25) is 0 Å². The minimum atomic E-state index is -0.537. The number of amides is 1. The Morgan fingerprint density at radius 1 is 1.22 bits per heavy atom. The molecule has 32 heavy (non-hydrogen) atoms. The Morgan fingerprint density at radius 2 is 2.12 bits per heavy atom. The topological polar surface area (TPSA) is 138 Å². The number of anilines is 1. The van der Waals surface area contributed by atoms with Gasteiger partial charge in [0.1, 0.15) is 12.1 Å². The lowest BCUT2D eigenvalue weighted by atomic mass is 10.1. The third-order valence-electron chi connectivity index (χ3n) is 5.77. The first-order valence-electron chi connectivity index (χ1n) is 10.6. The Hall–Kier alpha value is -4.04. The van der Waals surface area contributed by atoms with Gasteiger partial charge < -0.3 is 16.0 Å². The van der Waals surface area contributed by atoms with Crippen molar-refractivity contribution in [1.29, 1.82) is 5.26 Å². The van der Waals surface area contributed by atoms with Crippen LogP contribution in [0.4, 0.5) is 5.95 Å². The van der Waals surface area contributed by atoms with Crippen LogP contribution in [-0.2, 0) is 4.79 Å². The van der Waals surface area contributed by atoms with Gasteiger partial charge in [0.25, 0.3) is 0 Å². The van der Waals surface area contributed by atoms with E-state index in [4.69, 9.17) is 4.98 Å². The van der Waals surface area contributed by atoms with Gasteiger partial charge in [-0.2, -0.15) is 14.9 Å². The lowest BCUT2D eigenvalue weighted by Gasteiger charge is -2.16. The molecule has 1 aliphatic heterocycles. The highest BCUT2D eigenvalue weighted by atomic mass is 16.2. The van der Waals surface area contributed by atoms with Crippen LogP contribution in [-0.4, -0.2) is 60.9 Å². The Labute approximate surface area is 182 Å². The smallest absolute Gasteiger partial charge is 0.243 e. The van der Waals surface area contributed by atoms with Gasteiger partial charge in [0.15, 0.2) is 11.5 Å². The second-order valence-electron chi connectivity index (χ2n) is 8.05. The average molecular weight is 428 g/mol. The maximum atomic E-state index is 12.5. The monoisotopic (exact) mass is 428 g/mol. The van der Waals surface area contributed by atoms with Gasteiger partial charge in [-0.25, -0.2) is 9.97 Å². The molecule has 6 rings (SSSR count). The number of carbonyl (C=O) groups is 1. The predicted molar refractivity (Wildman–Crippen MR) is 116 cm³/mol. The highest BCUT2D eigenvalue weighted by Gasteiger charge is 2.26. The highest BCUT2D eigenvalue weighted by molar-refractivity contribution is 5.96. The number of hydrogen-bond donors (Lipinski definition) is 3. The second-order valence-corrected chi connectivity index (χ2v) is 8.05. The molecule has 4 aromatic rings. The normalized spacial score (nSPS) is 19.0. The number of aromatic nitrogens is 6. The van der Waals surface area contributed by atoms with E-state index in [1.807, 2.05) is 16.9 Å². The predicted octanol–water partition coefficient (Wildman–Crippen LogP) is 0.847. The molecule has 11 heteroatoms. The van der Waals surface area contributed by atoms with Crippen molar-refractivity contribution in [2.45, 2.75) is 24.9 Å². The molecule has 2 aliphatic rings. The molecule has 3 aromatic heterocycles. The number of fused-ring (bicyclic) bond motifs is 3. The van der Waals surface area contributed by atoms with Crippen molar-refractivity contribution >= 4 is 28.4 Å². The number of carbonyl (C=O) groups excluding carboxylic acids is 1. The zero-order chi connectivity index (χ0) is 21.7. The Balaban J connectivity index is 1.51. The summed E-state index contributed by atoms with van der Waals surface area (Å²) in [6, 6.07) is 7.50. The van der Waals surface area contributed by atoms with Crippen LogP contribution < -0.4 is 16.0 Å². The first-order valence-corrected chi connectivity index (χ1v) is 10.6. The Bertz CT molecular complexity index is 1390. The number of nitrogens with zero attached hydrogens (tertiary/aromatic N) is 7. The summed E-state index contributed by atoms with van der Waals surface area (Å²) in [6.07, 6.45) is 5.99. The van der Waals surface area contributed by atoms with E-state index in [1.54, 1.807) is 22.8 Å². The van der Waals surface area contributed by atoms with Crippen molar-refractivity contribution in [2.24, 2.45) is 0 Å². The summed E-state index contributed by atoms with van der Waals surface area (Å²) in [4.78, 5) is 21.9. The molecule has 1 saturated heterocycles. The lowest BCUT2D eigenvalue weighted by molar-refractivity contribution is -0.121. The standard InChI is InChI=1S/C21H20N10O/c22-8-12-2-1-3-15-17(12)27-21(26-16-10-23-6-7-24-20(16)32)31-19(15)28-18(29-31)13-9-25-30(11-13)14-4-5-14/h1-3,9,11,14,16,23H,4-7,10H2,(H,24,32)(H,26,27)/t16-/m1/s1. The minimum absolute atomic E-state index is 0.121. The fourth-order valence-electron chi connectivity index (χ4n) is 3.94. The quantitative estimate of drug-likeness (QED) is 0.435. The van der Waals surface area contributed by atoms with Gasteiger partial charge in [-0.05, 0) is 25.0 Å². The van der Waals surface area contributed by atoms with Crippen molar-refractivity contribution in [3.8, 4) is 17.5 Å². The van der Waals surface area contributed by atoms with Gasteiger partial charge >= 0.3 is 0 Å². The molecule has 0 bridgehead atoms. The van der Waals surface area contributed by atoms with Gasteiger partial charge in [0.05, 0.1) is 28.9 Å².